The number of nitrogens with two attached hydrogens (primary N) is 1. The second-order valence-electron chi connectivity index (χ2n) is 4.50. The second kappa shape index (κ2) is 6.16. The van der Waals surface area contributed by atoms with Crippen LogP contribution in [-0.2, 0) is 4.79 Å². The Morgan fingerprint density at radius 3 is 2.65 bits per heavy atom. The van der Waals surface area contributed by atoms with E-state index in [2.05, 4.69) is 10.3 Å². The molecule has 0 fully saturated rings. The molecule has 1 heterocycles. The van der Waals surface area contributed by atoms with Crippen LogP contribution in [-0.4, -0.2) is 10.9 Å². The fraction of sp³-hybridized carbons (Fsp3) is 0.200. The summed E-state index contributed by atoms with van der Waals surface area (Å²) in [6.45, 7) is 3.34. The molecular weight excluding hydrogens is 254 g/mol. The van der Waals surface area contributed by atoms with Crippen LogP contribution in [0.1, 0.15) is 25.5 Å². The minimum absolute atomic E-state index is 0.0665. The fourth-order valence-electron chi connectivity index (χ4n) is 1.68. The lowest BCUT2D eigenvalue weighted by atomic mass is 10.2. The first-order valence-electron chi connectivity index (χ1n) is 6.32. The van der Waals surface area contributed by atoms with E-state index in [0.29, 0.717) is 17.3 Å². The molecule has 0 aliphatic heterocycles. The SMILES string of the molecule is CC(=O)Nc1ccccc1Oc1ccc(C(C)N)cn1. The maximum Gasteiger partial charge on any atom is 0.221 e. The highest BCUT2D eigenvalue weighted by atomic mass is 16.5. The van der Waals surface area contributed by atoms with Crippen LogP contribution in [0.5, 0.6) is 11.6 Å². The van der Waals surface area contributed by atoms with Crippen LogP contribution >= 0.6 is 0 Å². The highest BCUT2D eigenvalue weighted by Crippen LogP contribution is 2.28. The van der Waals surface area contributed by atoms with E-state index in [4.69, 9.17) is 10.5 Å². The van der Waals surface area contributed by atoms with Crippen molar-refractivity contribution in [3.63, 3.8) is 0 Å². The second-order valence-corrected chi connectivity index (χ2v) is 4.50. The van der Waals surface area contributed by atoms with Gasteiger partial charge in [0.1, 0.15) is 0 Å². The van der Waals surface area contributed by atoms with Gasteiger partial charge in [0.05, 0.1) is 5.69 Å². The molecular formula is C15H17N3O2. The van der Waals surface area contributed by atoms with E-state index in [1.54, 1.807) is 24.4 Å². The highest BCUT2D eigenvalue weighted by molar-refractivity contribution is 5.90. The van der Waals surface area contributed by atoms with Crippen LogP contribution in [0.3, 0.4) is 0 Å². The number of amides is 1. The summed E-state index contributed by atoms with van der Waals surface area (Å²) in [5.41, 5.74) is 7.31. The molecule has 1 amide bonds. The Morgan fingerprint density at radius 1 is 1.30 bits per heavy atom. The first-order chi connectivity index (χ1) is 9.56. The summed E-state index contributed by atoms with van der Waals surface area (Å²) in [7, 11) is 0. The van der Waals surface area contributed by atoms with Crippen molar-refractivity contribution in [1.82, 2.24) is 4.98 Å². The first kappa shape index (κ1) is 14.0. The van der Waals surface area contributed by atoms with Gasteiger partial charge in [0.2, 0.25) is 11.8 Å². The molecule has 3 N–H and O–H groups in total. The lowest BCUT2D eigenvalue weighted by Crippen LogP contribution is -2.07. The van der Waals surface area contributed by atoms with Gasteiger partial charge < -0.3 is 15.8 Å². The van der Waals surface area contributed by atoms with Crippen molar-refractivity contribution in [1.29, 1.82) is 0 Å². The van der Waals surface area contributed by atoms with E-state index >= 15 is 0 Å². The molecule has 1 unspecified atom stereocenters. The minimum Gasteiger partial charge on any atom is -0.437 e. The van der Waals surface area contributed by atoms with Crippen LogP contribution in [0, 0.1) is 0 Å². The summed E-state index contributed by atoms with van der Waals surface area (Å²) in [6.07, 6.45) is 1.68. The van der Waals surface area contributed by atoms with Crippen molar-refractivity contribution in [2.75, 3.05) is 5.32 Å². The van der Waals surface area contributed by atoms with Gasteiger partial charge in [-0.15, -0.1) is 0 Å². The molecule has 20 heavy (non-hydrogen) atoms. The van der Waals surface area contributed by atoms with E-state index in [1.165, 1.54) is 6.92 Å². The molecule has 0 bridgehead atoms. The summed E-state index contributed by atoms with van der Waals surface area (Å²) >= 11 is 0. The van der Waals surface area contributed by atoms with Gasteiger partial charge in [-0.05, 0) is 24.6 Å². The standard InChI is InChI=1S/C15H17N3O2/c1-10(16)12-7-8-15(17-9-12)20-14-6-4-3-5-13(14)18-11(2)19/h3-10H,16H2,1-2H3,(H,18,19). The van der Waals surface area contributed by atoms with E-state index in [1.807, 2.05) is 25.1 Å². The molecule has 1 aromatic carbocycles. The van der Waals surface area contributed by atoms with Gasteiger partial charge in [0, 0.05) is 25.2 Å². The number of nitrogens with zero attached hydrogens (tertiary/aromatic N) is 1. The van der Waals surface area contributed by atoms with Crippen LogP contribution in [0.2, 0.25) is 0 Å². The molecule has 1 aromatic heterocycles. The van der Waals surface area contributed by atoms with Gasteiger partial charge in [-0.3, -0.25) is 4.79 Å². The third-order valence-corrected chi connectivity index (χ3v) is 2.70. The normalized spacial score (nSPS) is 11.8. The van der Waals surface area contributed by atoms with Crippen molar-refractivity contribution >= 4 is 11.6 Å². The third-order valence-electron chi connectivity index (χ3n) is 2.70. The number of ether oxygens (including phenoxy) is 1. The van der Waals surface area contributed by atoms with E-state index in [-0.39, 0.29) is 11.9 Å². The van der Waals surface area contributed by atoms with Gasteiger partial charge in [-0.1, -0.05) is 18.2 Å². The number of anilines is 1. The minimum atomic E-state index is -0.152. The number of aromatic nitrogens is 1. The summed E-state index contributed by atoms with van der Waals surface area (Å²) in [4.78, 5) is 15.3. The van der Waals surface area contributed by atoms with Crippen molar-refractivity contribution in [2.45, 2.75) is 19.9 Å². The highest BCUT2D eigenvalue weighted by Gasteiger charge is 2.07. The molecule has 1 atom stereocenters. The average Bonchev–Trinajstić information content (AvgIpc) is 2.41. The van der Waals surface area contributed by atoms with Crippen LogP contribution in [0.15, 0.2) is 42.6 Å². The van der Waals surface area contributed by atoms with Crippen LogP contribution in [0.25, 0.3) is 0 Å². The largest absolute Gasteiger partial charge is 0.437 e. The number of benzene rings is 1. The molecule has 2 rings (SSSR count). The Balaban J connectivity index is 2.19. The zero-order valence-corrected chi connectivity index (χ0v) is 11.5. The monoisotopic (exact) mass is 271 g/mol. The lowest BCUT2D eigenvalue weighted by molar-refractivity contribution is -0.114. The van der Waals surface area contributed by atoms with Gasteiger partial charge >= 0.3 is 0 Å². The quantitative estimate of drug-likeness (QED) is 0.896. The summed E-state index contributed by atoms with van der Waals surface area (Å²) in [6, 6.07) is 10.8. The number of carbonyl (C=O) groups excluding carboxylic acids is 1. The van der Waals surface area contributed by atoms with Crippen molar-refractivity contribution in [3.8, 4) is 11.6 Å². The smallest absolute Gasteiger partial charge is 0.221 e. The summed E-state index contributed by atoms with van der Waals surface area (Å²) in [5.74, 6) is 0.845. The molecule has 0 saturated carbocycles. The number of nitrogens with one attached hydrogen (secondary N) is 1. The van der Waals surface area contributed by atoms with Crippen molar-refractivity contribution in [3.05, 3.63) is 48.2 Å². The van der Waals surface area contributed by atoms with Crippen LogP contribution < -0.4 is 15.8 Å². The van der Waals surface area contributed by atoms with Crippen LogP contribution in [0.4, 0.5) is 5.69 Å². The summed E-state index contributed by atoms with van der Waals surface area (Å²) in [5, 5.41) is 2.71. The molecule has 0 radical (unpaired) electrons. The van der Waals surface area contributed by atoms with Gasteiger partial charge in [-0.2, -0.15) is 0 Å². The van der Waals surface area contributed by atoms with E-state index in [9.17, 15) is 4.79 Å². The maximum absolute atomic E-state index is 11.1. The Labute approximate surface area is 117 Å². The Bertz CT molecular complexity index is 594. The number of hydrogen-bond acceptors (Lipinski definition) is 4. The maximum atomic E-state index is 11.1. The molecule has 5 heteroatoms. The van der Waals surface area contributed by atoms with Crippen molar-refractivity contribution in [2.24, 2.45) is 5.73 Å². The van der Waals surface area contributed by atoms with Crippen molar-refractivity contribution < 1.29 is 9.53 Å². The predicted octanol–water partition coefficient (Wildman–Crippen LogP) is 2.85. The molecule has 2 aromatic rings. The molecule has 0 aliphatic rings. The van der Waals surface area contributed by atoms with E-state index in [0.717, 1.165) is 5.56 Å². The molecule has 0 spiro atoms. The van der Waals surface area contributed by atoms with E-state index < -0.39 is 0 Å². The third kappa shape index (κ3) is 3.55. The Kier molecular flexibility index (Phi) is 4.32. The zero-order chi connectivity index (χ0) is 14.5. The predicted molar refractivity (Wildman–Crippen MR) is 77.7 cm³/mol. The van der Waals surface area contributed by atoms with Gasteiger partial charge in [-0.25, -0.2) is 4.98 Å². The molecule has 104 valence electrons. The van der Waals surface area contributed by atoms with Gasteiger partial charge in [0.15, 0.2) is 5.75 Å². The topological polar surface area (TPSA) is 77.2 Å². The number of pyridine rings is 1. The molecule has 0 aliphatic carbocycles. The van der Waals surface area contributed by atoms with Gasteiger partial charge in [0.25, 0.3) is 0 Å². The number of rotatable bonds is 4. The summed E-state index contributed by atoms with van der Waals surface area (Å²) < 4.78 is 5.68. The fourth-order valence-corrected chi connectivity index (χ4v) is 1.68. The molecule has 5 nitrogen and oxygen atoms in total. The Morgan fingerprint density at radius 2 is 2.05 bits per heavy atom. The number of carbonyl (C=O) groups is 1. The first-order valence-corrected chi connectivity index (χ1v) is 6.32. The number of hydrogen-bond donors (Lipinski definition) is 2. The lowest BCUT2D eigenvalue weighted by Gasteiger charge is -2.11. The zero-order valence-electron chi connectivity index (χ0n) is 11.5. The molecule has 0 saturated heterocycles. The Hall–Kier alpha value is -2.40. The number of para-hydroxylation sites is 2. The average molecular weight is 271 g/mol.